The van der Waals surface area contributed by atoms with Crippen molar-refractivity contribution in [2.75, 3.05) is 13.1 Å². The molecule has 33 heavy (non-hydrogen) atoms. The second-order valence-electron chi connectivity index (χ2n) is 8.43. The number of hydrogen-bond acceptors (Lipinski definition) is 7. The Hall–Kier alpha value is -3.21. The number of nitrogens with two attached hydrogens (primary N) is 1. The van der Waals surface area contributed by atoms with E-state index in [4.69, 9.17) is 10.5 Å². The summed E-state index contributed by atoms with van der Waals surface area (Å²) in [7, 11) is 0. The van der Waals surface area contributed by atoms with Crippen molar-refractivity contribution in [2.24, 2.45) is 5.73 Å². The Kier molecular flexibility index (Phi) is 5.65. The van der Waals surface area contributed by atoms with Crippen LogP contribution in [0.4, 0.5) is 8.78 Å². The van der Waals surface area contributed by atoms with Crippen LogP contribution in [0.15, 0.2) is 42.9 Å². The van der Waals surface area contributed by atoms with Crippen LogP contribution in [0.25, 0.3) is 5.69 Å². The van der Waals surface area contributed by atoms with Crippen molar-refractivity contribution in [3.05, 3.63) is 76.4 Å². The summed E-state index contributed by atoms with van der Waals surface area (Å²) >= 11 is 0. The molecule has 4 heterocycles. The summed E-state index contributed by atoms with van der Waals surface area (Å²) in [4.78, 5) is 17.8. The first-order chi connectivity index (χ1) is 15.9. The minimum Gasteiger partial charge on any atom is -0.457 e. The number of cyclic esters (lactones) is 1. The average Bonchev–Trinajstić information content (AvgIpc) is 3.41. The molecule has 0 aliphatic carbocycles. The number of rotatable bonds is 5. The van der Waals surface area contributed by atoms with E-state index in [1.54, 1.807) is 16.9 Å². The van der Waals surface area contributed by atoms with E-state index < -0.39 is 6.43 Å². The van der Waals surface area contributed by atoms with E-state index in [0.717, 1.165) is 28.8 Å². The molecule has 0 unspecified atom stereocenters. The molecule has 0 saturated carbocycles. The number of fused-ring (bicyclic) bond motifs is 1. The van der Waals surface area contributed by atoms with Crippen LogP contribution in [0.1, 0.15) is 50.8 Å². The van der Waals surface area contributed by atoms with Gasteiger partial charge in [0.1, 0.15) is 12.3 Å². The molecule has 2 aliphatic heterocycles. The topological polar surface area (TPSA) is 98.3 Å². The third-order valence-corrected chi connectivity index (χ3v) is 6.19. The maximum Gasteiger partial charge on any atom is 0.338 e. The molecule has 8 nitrogen and oxygen atoms in total. The van der Waals surface area contributed by atoms with E-state index in [1.165, 1.54) is 12.3 Å². The van der Waals surface area contributed by atoms with Gasteiger partial charge >= 0.3 is 5.97 Å². The van der Waals surface area contributed by atoms with E-state index in [0.29, 0.717) is 30.9 Å². The van der Waals surface area contributed by atoms with Crippen LogP contribution < -0.4 is 11.1 Å². The van der Waals surface area contributed by atoms with Crippen molar-refractivity contribution < 1.29 is 18.3 Å². The average molecular weight is 454 g/mol. The van der Waals surface area contributed by atoms with E-state index in [9.17, 15) is 13.6 Å². The number of pyridine rings is 1. The number of piperazine rings is 1. The van der Waals surface area contributed by atoms with Gasteiger partial charge in [0.15, 0.2) is 0 Å². The minimum absolute atomic E-state index is 0.00130. The number of carbonyl (C=O) groups excluding carboxylic acids is 1. The van der Waals surface area contributed by atoms with Gasteiger partial charge in [0.25, 0.3) is 6.43 Å². The number of nitrogens with one attached hydrogen (secondary N) is 1. The van der Waals surface area contributed by atoms with Gasteiger partial charge in [-0.3, -0.25) is 15.2 Å². The van der Waals surface area contributed by atoms with Gasteiger partial charge in [0.05, 0.1) is 23.6 Å². The van der Waals surface area contributed by atoms with Crippen LogP contribution in [0.2, 0.25) is 0 Å². The smallest absolute Gasteiger partial charge is 0.338 e. The maximum absolute atomic E-state index is 13.0. The molecule has 0 spiro atoms. The third-order valence-electron chi connectivity index (χ3n) is 6.19. The fraction of sp³-hybridized carbons (Fsp3) is 0.348. The standard InChI is InChI=1S/C23H24F2N6O2/c1-13-16(2-3-17-18(13)12-33-23(17)32)20-10-30(11-21(26)29-20)8-14-7-28-31(9-14)15-4-5-27-19(6-15)22(24)25/h2-7,9,20-22,29H,8,10-12,26H2,1H3/t20-,21+/m0/s1. The number of hydrogen-bond donors (Lipinski definition) is 2. The number of esters is 1. The molecule has 2 atom stereocenters. The molecule has 10 heteroatoms. The highest BCUT2D eigenvalue weighted by Crippen LogP contribution is 2.31. The first-order valence-corrected chi connectivity index (χ1v) is 10.7. The molecule has 3 aromatic rings. The number of ether oxygens (including phenoxy) is 1. The van der Waals surface area contributed by atoms with Gasteiger partial charge in [-0.25, -0.2) is 18.3 Å². The molecule has 172 valence electrons. The number of aromatic nitrogens is 3. The Morgan fingerprint density at radius 2 is 2.15 bits per heavy atom. The zero-order chi connectivity index (χ0) is 23.1. The Bertz CT molecular complexity index is 1200. The highest BCUT2D eigenvalue weighted by Gasteiger charge is 2.30. The first-order valence-electron chi connectivity index (χ1n) is 10.7. The predicted molar refractivity (Wildman–Crippen MR) is 116 cm³/mol. The van der Waals surface area contributed by atoms with Crippen LogP contribution in [0, 0.1) is 6.92 Å². The van der Waals surface area contributed by atoms with E-state index in [2.05, 4.69) is 20.3 Å². The van der Waals surface area contributed by atoms with E-state index in [1.807, 2.05) is 25.3 Å². The molecule has 0 amide bonds. The van der Waals surface area contributed by atoms with Gasteiger partial charge in [-0.15, -0.1) is 0 Å². The third kappa shape index (κ3) is 4.24. The van der Waals surface area contributed by atoms with Gasteiger partial charge in [0.2, 0.25) is 0 Å². The van der Waals surface area contributed by atoms with Crippen molar-refractivity contribution in [1.82, 2.24) is 25.0 Å². The van der Waals surface area contributed by atoms with Crippen LogP contribution >= 0.6 is 0 Å². The van der Waals surface area contributed by atoms with E-state index >= 15 is 0 Å². The van der Waals surface area contributed by atoms with Crippen molar-refractivity contribution in [1.29, 1.82) is 0 Å². The summed E-state index contributed by atoms with van der Waals surface area (Å²) in [6.45, 7) is 4.30. The molecule has 1 saturated heterocycles. The summed E-state index contributed by atoms with van der Waals surface area (Å²) in [5.41, 5.74) is 11.2. The van der Waals surface area contributed by atoms with Gasteiger partial charge < -0.3 is 10.5 Å². The summed E-state index contributed by atoms with van der Waals surface area (Å²) in [6.07, 6.45) is 2.06. The Balaban J connectivity index is 1.32. The lowest BCUT2D eigenvalue weighted by atomic mass is 9.93. The highest BCUT2D eigenvalue weighted by molar-refractivity contribution is 5.94. The second-order valence-corrected chi connectivity index (χ2v) is 8.43. The Morgan fingerprint density at radius 3 is 2.97 bits per heavy atom. The maximum atomic E-state index is 13.0. The van der Waals surface area contributed by atoms with Gasteiger partial charge in [-0.2, -0.15) is 5.10 Å². The molecule has 0 radical (unpaired) electrons. The Morgan fingerprint density at radius 1 is 1.30 bits per heavy atom. The molecule has 5 rings (SSSR count). The molecule has 1 aromatic carbocycles. The lowest BCUT2D eigenvalue weighted by molar-refractivity contribution is 0.0535. The zero-order valence-electron chi connectivity index (χ0n) is 18.0. The molecule has 3 N–H and O–H groups in total. The van der Waals surface area contributed by atoms with E-state index in [-0.39, 0.29) is 23.9 Å². The monoisotopic (exact) mass is 454 g/mol. The molecule has 0 bridgehead atoms. The van der Waals surface area contributed by atoms with Gasteiger partial charge in [-0.1, -0.05) is 6.07 Å². The zero-order valence-corrected chi connectivity index (χ0v) is 18.0. The predicted octanol–water partition coefficient (Wildman–Crippen LogP) is 2.62. The molecular formula is C23H24F2N6O2. The first kappa shape index (κ1) is 21.6. The summed E-state index contributed by atoms with van der Waals surface area (Å²) in [5.74, 6) is -0.276. The van der Waals surface area contributed by atoms with Crippen LogP contribution in [-0.2, 0) is 17.9 Å². The van der Waals surface area contributed by atoms with Gasteiger partial charge in [0, 0.05) is 49.2 Å². The van der Waals surface area contributed by atoms with Gasteiger partial charge in [-0.05, 0) is 36.2 Å². The fourth-order valence-electron chi connectivity index (χ4n) is 4.58. The number of alkyl halides is 2. The second kappa shape index (κ2) is 8.62. The van der Waals surface area contributed by atoms with Crippen molar-refractivity contribution >= 4 is 5.97 Å². The summed E-state index contributed by atoms with van der Waals surface area (Å²) < 4.78 is 32.7. The van der Waals surface area contributed by atoms with Crippen LogP contribution in [-0.4, -0.2) is 44.9 Å². The number of benzene rings is 1. The van der Waals surface area contributed by atoms with Crippen LogP contribution in [0.3, 0.4) is 0 Å². The number of halogens is 2. The molecular weight excluding hydrogens is 430 g/mol. The summed E-state index contributed by atoms with van der Waals surface area (Å²) in [6, 6.07) is 6.77. The number of carbonyl (C=O) groups is 1. The SMILES string of the molecule is Cc1c([C@@H]2CN(Cc3cnn(-c4ccnc(C(F)F)c4)c3)C[C@H](N)N2)ccc2c1COC2=O. The normalized spacial score (nSPS) is 20.8. The van der Waals surface area contributed by atoms with Crippen molar-refractivity contribution in [2.45, 2.75) is 38.7 Å². The molecule has 2 aromatic heterocycles. The van der Waals surface area contributed by atoms with Crippen molar-refractivity contribution in [3.63, 3.8) is 0 Å². The largest absolute Gasteiger partial charge is 0.457 e. The molecule has 2 aliphatic rings. The minimum atomic E-state index is -2.63. The summed E-state index contributed by atoms with van der Waals surface area (Å²) in [5, 5.41) is 7.78. The molecule has 1 fully saturated rings. The lowest BCUT2D eigenvalue weighted by Crippen LogP contribution is -2.56. The van der Waals surface area contributed by atoms with Crippen molar-refractivity contribution in [3.8, 4) is 5.69 Å². The quantitative estimate of drug-likeness (QED) is 0.572. The number of nitrogens with zero attached hydrogens (tertiary/aromatic N) is 4. The Labute approximate surface area is 189 Å². The highest BCUT2D eigenvalue weighted by atomic mass is 19.3. The lowest BCUT2D eigenvalue weighted by Gasteiger charge is -2.38. The fourth-order valence-corrected chi connectivity index (χ4v) is 4.58. The van der Waals surface area contributed by atoms with Crippen LogP contribution in [0.5, 0.6) is 0 Å².